The van der Waals surface area contributed by atoms with E-state index in [-0.39, 0.29) is 0 Å². The standard InChI is InChI=1S/C9H19NO6/c1-2-3-10-6(9(15)16)8(14)7(13)5(12)4-11/h5-8,10-14H,2-4H2,1H3,(H,15,16)/t5-,6?,7-,8-/m1/s1. The van der Waals surface area contributed by atoms with Crippen LogP contribution < -0.4 is 5.32 Å². The monoisotopic (exact) mass is 237 g/mol. The van der Waals surface area contributed by atoms with Crippen LogP contribution in [0, 0.1) is 0 Å². The van der Waals surface area contributed by atoms with Gasteiger partial charge in [0.1, 0.15) is 24.4 Å². The van der Waals surface area contributed by atoms with E-state index in [0.717, 1.165) is 0 Å². The first-order chi connectivity index (χ1) is 7.45. The van der Waals surface area contributed by atoms with Crippen molar-refractivity contribution in [3.8, 4) is 0 Å². The van der Waals surface area contributed by atoms with Crippen LogP contribution in [0.2, 0.25) is 0 Å². The summed E-state index contributed by atoms with van der Waals surface area (Å²) in [6, 6.07) is -1.38. The quantitative estimate of drug-likeness (QED) is 0.275. The Morgan fingerprint density at radius 1 is 1.25 bits per heavy atom. The largest absolute Gasteiger partial charge is 0.480 e. The minimum atomic E-state index is -1.71. The predicted molar refractivity (Wildman–Crippen MR) is 54.8 cm³/mol. The molecule has 0 heterocycles. The van der Waals surface area contributed by atoms with Crippen molar-refractivity contribution < 1.29 is 30.3 Å². The first kappa shape index (κ1) is 15.3. The molecule has 16 heavy (non-hydrogen) atoms. The fraction of sp³-hybridized carbons (Fsp3) is 0.889. The number of aliphatic carboxylic acids is 1. The second kappa shape index (κ2) is 7.53. The molecule has 7 nitrogen and oxygen atoms in total. The lowest BCUT2D eigenvalue weighted by molar-refractivity contribution is -0.148. The fourth-order valence-corrected chi connectivity index (χ4v) is 1.19. The van der Waals surface area contributed by atoms with Crippen LogP contribution in [0.1, 0.15) is 13.3 Å². The first-order valence-corrected chi connectivity index (χ1v) is 5.06. The number of carboxylic acid groups (broad SMARTS) is 1. The van der Waals surface area contributed by atoms with Crippen molar-refractivity contribution in [3.63, 3.8) is 0 Å². The Balaban J connectivity index is 4.47. The summed E-state index contributed by atoms with van der Waals surface area (Å²) in [5, 5.41) is 47.8. The van der Waals surface area contributed by atoms with Gasteiger partial charge in [0.05, 0.1) is 6.61 Å². The molecule has 0 fully saturated rings. The summed E-state index contributed by atoms with van der Waals surface area (Å²) < 4.78 is 0. The summed E-state index contributed by atoms with van der Waals surface area (Å²) in [7, 11) is 0. The predicted octanol–water partition coefficient (Wildman–Crippen LogP) is -2.49. The molecule has 0 bridgehead atoms. The van der Waals surface area contributed by atoms with Crippen molar-refractivity contribution >= 4 is 5.97 Å². The highest BCUT2D eigenvalue weighted by atomic mass is 16.4. The normalized spacial score (nSPS) is 18.8. The minimum Gasteiger partial charge on any atom is -0.480 e. The Labute approximate surface area is 93.3 Å². The van der Waals surface area contributed by atoms with Gasteiger partial charge < -0.3 is 30.8 Å². The van der Waals surface area contributed by atoms with E-state index in [2.05, 4.69) is 5.32 Å². The van der Waals surface area contributed by atoms with E-state index in [9.17, 15) is 15.0 Å². The molecular formula is C9H19NO6. The lowest BCUT2D eigenvalue weighted by Crippen LogP contribution is -2.54. The van der Waals surface area contributed by atoms with Gasteiger partial charge in [-0.1, -0.05) is 6.92 Å². The molecule has 0 amide bonds. The number of rotatable bonds is 8. The Morgan fingerprint density at radius 3 is 2.19 bits per heavy atom. The molecule has 0 aromatic heterocycles. The van der Waals surface area contributed by atoms with Gasteiger partial charge >= 0.3 is 5.97 Å². The summed E-state index contributed by atoms with van der Waals surface area (Å²) in [5.41, 5.74) is 0. The van der Waals surface area contributed by atoms with Gasteiger partial charge in [0.25, 0.3) is 0 Å². The van der Waals surface area contributed by atoms with Crippen LogP contribution in [0.5, 0.6) is 0 Å². The summed E-state index contributed by atoms with van der Waals surface area (Å²) >= 11 is 0. The number of carboxylic acids is 1. The molecule has 0 aromatic rings. The molecule has 0 rings (SSSR count). The van der Waals surface area contributed by atoms with Crippen molar-refractivity contribution in [2.75, 3.05) is 13.2 Å². The number of hydrogen-bond donors (Lipinski definition) is 6. The first-order valence-electron chi connectivity index (χ1n) is 5.06. The SMILES string of the molecule is CCCNC(C(=O)O)[C@@H](O)[C@H](O)[C@H](O)CO. The van der Waals surface area contributed by atoms with Gasteiger partial charge in [-0.2, -0.15) is 0 Å². The Bertz CT molecular complexity index is 212. The van der Waals surface area contributed by atoms with Crippen molar-refractivity contribution in [1.82, 2.24) is 5.32 Å². The van der Waals surface area contributed by atoms with E-state index in [4.69, 9.17) is 15.3 Å². The van der Waals surface area contributed by atoms with E-state index in [0.29, 0.717) is 13.0 Å². The molecule has 0 aliphatic carbocycles. The highest BCUT2D eigenvalue weighted by Gasteiger charge is 2.34. The second-order valence-electron chi connectivity index (χ2n) is 3.50. The molecule has 4 atom stereocenters. The number of aliphatic hydroxyl groups is 4. The molecule has 0 aliphatic heterocycles. The molecule has 0 spiro atoms. The van der Waals surface area contributed by atoms with E-state index >= 15 is 0 Å². The fourth-order valence-electron chi connectivity index (χ4n) is 1.19. The van der Waals surface area contributed by atoms with E-state index in [1.54, 1.807) is 0 Å². The number of hydrogen-bond acceptors (Lipinski definition) is 6. The maximum Gasteiger partial charge on any atom is 0.323 e. The van der Waals surface area contributed by atoms with Crippen LogP contribution in [-0.4, -0.2) is 69.0 Å². The molecule has 1 unspecified atom stereocenters. The van der Waals surface area contributed by atoms with Gasteiger partial charge in [-0.15, -0.1) is 0 Å². The topological polar surface area (TPSA) is 130 Å². The average molecular weight is 237 g/mol. The van der Waals surface area contributed by atoms with Gasteiger partial charge in [0.15, 0.2) is 0 Å². The smallest absolute Gasteiger partial charge is 0.323 e. The average Bonchev–Trinajstić information content (AvgIpc) is 2.26. The molecule has 7 heteroatoms. The van der Waals surface area contributed by atoms with Crippen molar-refractivity contribution in [2.24, 2.45) is 0 Å². The van der Waals surface area contributed by atoms with Crippen LogP contribution in [0.3, 0.4) is 0 Å². The van der Waals surface area contributed by atoms with E-state index < -0.39 is 36.9 Å². The van der Waals surface area contributed by atoms with E-state index in [1.807, 2.05) is 6.92 Å². The van der Waals surface area contributed by atoms with Crippen LogP contribution in [-0.2, 0) is 4.79 Å². The Morgan fingerprint density at radius 2 is 1.81 bits per heavy atom. The van der Waals surface area contributed by atoms with Gasteiger partial charge in [-0.05, 0) is 13.0 Å². The van der Waals surface area contributed by atoms with Crippen LogP contribution >= 0.6 is 0 Å². The van der Waals surface area contributed by atoms with Gasteiger partial charge in [-0.25, -0.2) is 0 Å². The van der Waals surface area contributed by atoms with Gasteiger partial charge in [0, 0.05) is 0 Å². The van der Waals surface area contributed by atoms with Gasteiger partial charge in [0.2, 0.25) is 0 Å². The van der Waals surface area contributed by atoms with E-state index in [1.165, 1.54) is 0 Å². The van der Waals surface area contributed by atoms with Crippen molar-refractivity contribution in [3.05, 3.63) is 0 Å². The Hall–Kier alpha value is -0.730. The third-order valence-electron chi connectivity index (χ3n) is 2.15. The summed E-state index contributed by atoms with van der Waals surface area (Å²) in [6.07, 6.45) is -4.31. The zero-order valence-electron chi connectivity index (χ0n) is 9.08. The zero-order valence-corrected chi connectivity index (χ0v) is 9.08. The lowest BCUT2D eigenvalue weighted by atomic mass is 10.0. The van der Waals surface area contributed by atoms with Crippen LogP contribution in [0.25, 0.3) is 0 Å². The highest BCUT2D eigenvalue weighted by Crippen LogP contribution is 2.05. The molecule has 96 valence electrons. The third kappa shape index (κ3) is 4.42. The molecule has 6 N–H and O–H groups in total. The molecule has 0 saturated carbocycles. The molecule has 0 aliphatic rings. The summed E-state index contributed by atoms with van der Waals surface area (Å²) in [5.74, 6) is -1.33. The highest BCUT2D eigenvalue weighted by molar-refractivity contribution is 5.74. The minimum absolute atomic E-state index is 0.357. The lowest BCUT2D eigenvalue weighted by Gasteiger charge is -2.26. The second-order valence-corrected chi connectivity index (χ2v) is 3.50. The van der Waals surface area contributed by atoms with Crippen molar-refractivity contribution in [1.29, 1.82) is 0 Å². The molecule has 0 aromatic carbocycles. The van der Waals surface area contributed by atoms with Crippen LogP contribution in [0.4, 0.5) is 0 Å². The van der Waals surface area contributed by atoms with Gasteiger partial charge in [-0.3, -0.25) is 4.79 Å². The Kier molecular flexibility index (Phi) is 7.18. The molecule has 0 saturated heterocycles. The third-order valence-corrected chi connectivity index (χ3v) is 2.15. The number of carbonyl (C=O) groups is 1. The number of aliphatic hydroxyl groups excluding tert-OH is 4. The summed E-state index contributed by atoms with van der Waals surface area (Å²) in [6.45, 7) is 1.42. The maximum atomic E-state index is 10.8. The number of nitrogens with one attached hydrogen (secondary N) is 1. The molecule has 0 radical (unpaired) electrons. The zero-order chi connectivity index (χ0) is 12.7. The van der Waals surface area contributed by atoms with Crippen molar-refractivity contribution in [2.45, 2.75) is 37.7 Å². The van der Waals surface area contributed by atoms with Crippen LogP contribution in [0.15, 0.2) is 0 Å². The maximum absolute atomic E-state index is 10.8. The summed E-state index contributed by atoms with van der Waals surface area (Å²) in [4.78, 5) is 10.8. The molecular weight excluding hydrogens is 218 g/mol.